The molecule has 2 rings (SSSR count). The van der Waals surface area contributed by atoms with Gasteiger partial charge in [0, 0.05) is 40.6 Å². The standard InChI is InChI=1S/C24H20I6N4O8.C7H17NO5/c1-31-21(37)9-13(25)11(23(39)40)17(29)19(15(9)27)33-7(35)5-3-4-6-8(36)34-20-16(28)10(22(38)32-2)14(26)12(18(20)30)24(41)42;1-8-2-4(10)6(12)7(13)5(11)3-9/h3-6H2,1-2H3,(H,31,37)(H,32,38)(H,33,35)(H,34,36)(H,39,40)(H,41,42);4-13H,2-3H2,1H3/t;4-,5+,6+,7+/m.0/s1. The quantitative estimate of drug-likeness (QED) is 0.0799. The van der Waals surface area contributed by atoms with E-state index in [0.717, 1.165) is 0 Å². The Morgan fingerprint density at radius 3 is 1.16 bits per heavy atom. The molecule has 0 spiro atoms. The Morgan fingerprint density at radius 1 is 0.545 bits per heavy atom. The number of aliphatic hydroxyl groups excluding tert-OH is 5. The van der Waals surface area contributed by atoms with E-state index in [9.17, 15) is 44.1 Å². The number of rotatable bonds is 17. The lowest BCUT2D eigenvalue weighted by Gasteiger charge is -2.25. The number of aromatic carboxylic acids is 2. The third-order valence-electron chi connectivity index (χ3n) is 7.30. The van der Waals surface area contributed by atoms with E-state index in [4.69, 9.17) is 20.4 Å². The first kappa shape index (κ1) is 52.4. The highest BCUT2D eigenvalue weighted by Gasteiger charge is 2.31. The Hall–Kier alpha value is -0.600. The number of unbranched alkanes of at least 4 members (excludes halogenated alkanes) is 1. The fourth-order valence-corrected chi connectivity index (χ4v) is 13.2. The first-order valence-corrected chi connectivity index (χ1v) is 22.0. The van der Waals surface area contributed by atoms with Gasteiger partial charge in [-0.25, -0.2) is 9.59 Å². The SMILES string of the molecule is CNC(=O)c1c(I)c(NC(=O)CCCCC(=O)Nc2c(I)c(C(=O)O)c(I)c(C(=O)NC)c2I)c(I)c(C(=O)O)c1I.CNC[C@H](O)[C@@H](O)[C@H](O)[C@H](O)CO. The predicted molar refractivity (Wildman–Crippen MR) is 251 cm³/mol. The number of aliphatic hydroxyl groups is 5. The van der Waals surface area contributed by atoms with Crippen LogP contribution in [0.15, 0.2) is 0 Å². The van der Waals surface area contributed by atoms with Crippen LogP contribution in [0.3, 0.4) is 0 Å². The number of hydrogen-bond acceptors (Lipinski definition) is 12. The average molecular weight is 1450 g/mol. The van der Waals surface area contributed by atoms with E-state index in [2.05, 4.69) is 26.6 Å². The zero-order chi connectivity index (χ0) is 42.5. The van der Waals surface area contributed by atoms with Crippen LogP contribution < -0.4 is 26.6 Å². The summed E-state index contributed by atoms with van der Waals surface area (Å²) in [6.45, 7) is -0.569. The van der Waals surface area contributed by atoms with Crippen molar-refractivity contribution in [1.82, 2.24) is 16.0 Å². The highest BCUT2D eigenvalue weighted by atomic mass is 127. The zero-order valence-electron chi connectivity index (χ0n) is 28.9. The van der Waals surface area contributed by atoms with Gasteiger partial charge in [0.2, 0.25) is 11.8 Å². The lowest BCUT2D eigenvalue weighted by Crippen LogP contribution is -2.48. The summed E-state index contributed by atoms with van der Waals surface area (Å²) in [5, 5.41) is 77.3. The van der Waals surface area contributed by atoms with Gasteiger partial charge in [-0.05, 0) is 155 Å². The molecule has 18 nitrogen and oxygen atoms in total. The van der Waals surface area contributed by atoms with Gasteiger partial charge in [0.1, 0.15) is 18.3 Å². The number of likely N-dealkylation sites (N-methyl/N-ethyl adjacent to an activating group) is 1. The molecule has 0 bridgehead atoms. The van der Waals surface area contributed by atoms with Crippen molar-refractivity contribution in [1.29, 1.82) is 0 Å². The number of carbonyl (C=O) groups is 6. The van der Waals surface area contributed by atoms with Crippen LogP contribution in [0.5, 0.6) is 0 Å². The second kappa shape index (κ2) is 25.1. The van der Waals surface area contributed by atoms with Gasteiger partial charge in [0.25, 0.3) is 11.8 Å². The van der Waals surface area contributed by atoms with Crippen molar-refractivity contribution in [3.05, 3.63) is 43.7 Å². The molecule has 24 heteroatoms. The number of halogens is 6. The molecule has 2 aromatic carbocycles. The van der Waals surface area contributed by atoms with E-state index in [0.29, 0.717) is 20.0 Å². The largest absolute Gasteiger partial charge is 0.478 e. The lowest BCUT2D eigenvalue weighted by atomic mass is 10.0. The second-order valence-electron chi connectivity index (χ2n) is 11.1. The number of hydrogen-bond donors (Lipinski definition) is 12. The molecule has 0 unspecified atom stereocenters. The van der Waals surface area contributed by atoms with Crippen molar-refractivity contribution in [2.24, 2.45) is 0 Å². The predicted octanol–water partition coefficient (Wildman–Crippen LogP) is 2.21. The number of carboxylic acid groups (broad SMARTS) is 2. The molecule has 55 heavy (non-hydrogen) atoms. The summed E-state index contributed by atoms with van der Waals surface area (Å²) < 4.78 is 1.88. The Labute approximate surface area is 396 Å². The molecule has 0 aliphatic carbocycles. The minimum absolute atomic E-state index is 0.0196. The number of benzene rings is 2. The van der Waals surface area contributed by atoms with Gasteiger partial charge in [-0.3, -0.25) is 19.2 Å². The summed E-state index contributed by atoms with van der Waals surface area (Å²) in [6.07, 6.45) is -4.98. The summed E-state index contributed by atoms with van der Waals surface area (Å²) in [6, 6.07) is 0. The molecule has 0 aromatic heterocycles. The van der Waals surface area contributed by atoms with Gasteiger partial charge in [0.05, 0.1) is 60.6 Å². The normalized spacial score (nSPS) is 13.0. The van der Waals surface area contributed by atoms with E-state index in [1.54, 1.807) is 52.2 Å². The smallest absolute Gasteiger partial charge is 0.337 e. The third kappa shape index (κ3) is 14.3. The highest BCUT2D eigenvalue weighted by Crippen LogP contribution is 2.37. The minimum atomic E-state index is -1.55. The topological polar surface area (TPSA) is 304 Å². The summed E-state index contributed by atoms with van der Waals surface area (Å²) in [5.41, 5.74) is 0.557. The zero-order valence-corrected chi connectivity index (χ0v) is 41.8. The van der Waals surface area contributed by atoms with Gasteiger partial charge in [0.15, 0.2) is 0 Å². The number of nitrogens with one attached hydrogen (secondary N) is 5. The molecule has 0 saturated carbocycles. The maximum atomic E-state index is 12.8. The molecule has 4 atom stereocenters. The van der Waals surface area contributed by atoms with Gasteiger partial charge in [-0.1, -0.05) is 0 Å². The van der Waals surface area contributed by atoms with E-state index in [1.165, 1.54) is 14.1 Å². The number of carboxylic acids is 2. The molecule has 306 valence electrons. The van der Waals surface area contributed by atoms with Crippen molar-refractivity contribution < 1.29 is 64.5 Å². The Kier molecular flexibility index (Phi) is 23.9. The van der Waals surface area contributed by atoms with Gasteiger partial charge >= 0.3 is 11.9 Å². The van der Waals surface area contributed by atoms with Crippen LogP contribution in [0.1, 0.15) is 67.1 Å². The van der Waals surface area contributed by atoms with Crippen LogP contribution in [0, 0.1) is 21.4 Å². The van der Waals surface area contributed by atoms with E-state index >= 15 is 0 Å². The monoisotopic (exact) mass is 1450 g/mol. The van der Waals surface area contributed by atoms with Gasteiger partial charge < -0.3 is 62.3 Å². The first-order valence-electron chi connectivity index (χ1n) is 15.5. The average Bonchev–Trinajstić information content (AvgIpc) is 3.12. The van der Waals surface area contributed by atoms with Gasteiger partial charge in [-0.15, -0.1) is 0 Å². The van der Waals surface area contributed by atoms with Crippen LogP contribution in [-0.4, -0.2) is 130 Å². The Morgan fingerprint density at radius 2 is 0.873 bits per heavy atom. The number of carbonyl (C=O) groups excluding carboxylic acids is 4. The van der Waals surface area contributed by atoms with Crippen molar-refractivity contribution >= 4 is 182 Å². The highest BCUT2D eigenvalue weighted by molar-refractivity contribution is 14.1. The molecule has 2 aromatic rings. The molecular weight excluding hydrogens is 1410 g/mol. The van der Waals surface area contributed by atoms with Crippen molar-refractivity contribution in [3.63, 3.8) is 0 Å². The van der Waals surface area contributed by atoms with E-state index in [-0.39, 0.29) is 67.3 Å². The molecule has 0 saturated heterocycles. The van der Waals surface area contributed by atoms with Crippen molar-refractivity contribution in [2.45, 2.75) is 50.1 Å². The molecule has 0 heterocycles. The molecule has 0 radical (unpaired) electrons. The summed E-state index contributed by atoms with van der Waals surface area (Å²) >= 11 is 11.0. The maximum Gasteiger partial charge on any atom is 0.337 e. The van der Waals surface area contributed by atoms with Gasteiger partial charge in [-0.2, -0.15) is 0 Å². The van der Waals surface area contributed by atoms with E-state index in [1.807, 2.05) is 90.4 Å². The molecule has 4 amide bonds. The molecule has 12 N–H and O–H groups in total. The van der Waals surface area contributed by atoms with Crippen molar-refractivity contribution in [2.75, 3.05) is 44.9 Å². The van der Waals surface area contributed by atoms with E-state index < -0.39 is 66.6 Å². The molecule has 0 aliphatic heterocycles. The number of anilines is 2. The first-order chi connectivity index (χ1) is 25.6. The maximum absolute atomic E-state index is 12.8. The summed E-state index contributed by atoms with van der Waals surface area (Å²) in [4.78, 5) is 74.2. The molecular formula is C31H37I6N5O13. The number of amides is 4. The Balaban J connectivity index is 0.000000988. The Bertz CT molecular complexity index is 1670. The van der Waals surface area contributed by atoms with Crippen molar-refractivity contribution in [3.8, 4) is 0 Å². The molecule has 0 aliphatic rings. The fraction of sp³-hybridized carbons (Fsp3) is 0.419. The minimum Gasteiger partial charge on any atom is -0.478 e. The van der Waals surface area contributed by atoms with Crippen LogP contribution >= 0.6 is 136 Å². The van der Waals surface area contributed by atoms with Crippen LogP contribution in [0.25, 0.3) is 0 Å². The van der Waals surface area contributed by atoms with Crippen LogP contribution in [-0.2, 0) is 9.59 Å². The molecule has 0 fully saturated rings. The lowest BCUT2D eigenvalue weighted by molar-refractivity contribution is -0.118. The van der Waals surface area contributed by atoms with Crippen LogP contribution in [0.2, 0.25) is 0 Å². The third-order valence-corrected chi connectivity index (χ3v) is 13.8. The summed E-state index contributed by atoms with van der Waals surface area (Å²) in [5.74, 6) is -4.28. The second-order valence-corrected chi connectivity index (χ2v) is 17.5. The fourth-order valence-electron chi connectivity index (χ4n) is 4.44. The summed E-state index contributed by atoms with van der Waals surface area (Å²) in [7, 11) is 4.42. The van der Waals surface area contributed by atoms with Crippen LogP contribution in [0.4, 0.5) is 11.4 Å².